The first-order valence-corrected chi connectivity index (χ1v) is 7.07. The van der Waals surface area contributed by atoms with E-state index >= 15 is 0 Å². The average Bonchev–Trinajstić information content (AvgIpc) is 2.83. The van der Waals surface area contributed by atoms with E-state index in [0.717, 1.165) is 32.1 Å². The van der Waals surface area contributed by atoms with Gasteiger partial charge in [-0.05, 0) is 37.3 Å². The largest absolute Gasteiger partial charge is 0.481 e. The second-order valence-electron chi connectivity index (χ2n) is 5.72. The normalized spacial score (nSPS) is 17.6. The molecule has 1 aliphatic rings. The second kappa shape index (κ2) is 6.11. The zero-order valence-corrected chi connectivity index (χ0v) is 11.8. The zero-order valence-electron chi connectivity index (χ0n) is 11.8. The minimum atomic E-state index is -0.796. The predicted molar refractivity (Wildman–Crippen MR) is 73.5 cm³/mol. The summed E-state index contributed by atoms with van der Waals surface area (Å²) in [5.41, 5.74) is -0.304. The van der Waals surface area contributed by atoms with E-state index in [4.69, 9.17) is 9.52 Å². The van der Waals surface area contributed by atoms with Gasteiger partial charge in [0.25, 0.3) is 5.91 Å². The molecule has 0 atom stereocenters. The van der Waals surface area contributed by atoms with Crippen LogP contribution >= 0.6 is 0 Å². The maximum atomic E-state index is 12.0. The third kappa shape index (κ3) is 3.62. The van der Waals surface area contributed by atoms with Crippen LogP contribution in [0.5, 0.6) is 0 Å². The van der Waals surface area contributed by atoms with Gasteiger partial charge in [0.2, 0.25) is 0 Å². The van der Waals surface area contributed by atoms with Gasteiger partial charge in [-0.3, -0.25) is 9.59 Å². The number of hydrogen-bond donors (Lipinski definition) is 2. The van der Waals surface area contributed by atoms with Gasteiger partial charge < -0.3 is 14.8 Å². The molecule has 110 valence electrons. The van der Waals surface area contributed by atoms with Crippen molar-refractivity contribution in [2.45, 2.75) is 45.4 Å². The van der Waals surface area contributed by atoms with Crippen molar-refractivity contribution >= 4 is 11.9 Å². The fraction of sp³-hybridized carbons (Fsp3) is 0.600. The van der Waals surface area contributed by atoms with Crippen LogP contribution in [0.3, 0.4) is 0 Å². The van der Waals surface area contributed by atoms with Gasteiger partial charge in [0.1, 0.15) is 5.76 Å². The SMILES string of the molecule is Cc1ccc(C(=O)NCC2(CC(=O)O)CCCCC2)o1. The molecule has 1 aromatic heterocycles. The molecule has 1 heterocycles. The maximum Gasteiger partial charge on any atom is 0.303 e. The highest BCUT2D eigenvalue weighted by atomic mass is 16.4. The van der Waals surface area contributed by atoms with E-state index in [1.54, 1.807) is 19.1 Å². The molecule has 1 aromatic rings. The van der Waals surface area contributed by atoms with Gasteiger partial charge in [0, 0.05) is 6.54 Å². The van der Waals surface area contributed by atoms with Crippen molar-refractivity contribution in [2.24, 2.45) is 5.41 Å². The lowest BCUT2D eigenvalue weighted by Crippen LogP contribution is -2.40. The highest BCUT2D eigenvalue weighted by molar-refractivity contribution is 5.91. The summed E-state index contributed by atoms with van der Waals surface area (Å²) in [5, 5.41) is 11.9. The molecule has 5 heteroatoms. The standard InChI is InChI=1S/C15H21NO4/c1-11-5-6-12(20-11)14(19)16-10-15(9-13(17)18)7-3-2-4-8-15/h5-6H,2-4,7-10H2,1H3,(H,16,19)(H,17,18). The van der Waals surface area contributed by atoms with Crippen LogP contribution in [-0.4, -0.2) is 23.5 Å². The summed E-state index contributed by atoms with van der Waals surface area (Å²) in [4.78, 5) is 23.0. The van der Waals surface area contributed by atoms with Crippen LogP contribution in [0.4, 0.5) is 0 Å². The van der Waals surface area contributed by atoms with Crippen LogP contribution in [0.15, 0.2) is 16.5 Å². The molecule has 0 unspecified atom stereocenters. The number of aryl methyl sites for hydroxylation is 1. The predicted octanol–water partition coefficient (Wildman–Crippen LogP) is 2.74. The lowest BCUT2D eigenvalue weighted by atomic mass is 9.71. The number of furan rings is 1. The molecule has 20 heavy (non-hydrogen) atoms. The summed E-state index contributed by atoms with van der Waals surface area (Å²) in [7, 11) is 0. The summed E-state index contributed by atoms with van der Waals surface area (Å²) < 4.78 is 5.27. The summed E-state index contributed by atoms with van der Waals surface area (Å²) >= 11 is 0. The number of carboxylic acids is 1. The molecule has 1 amide bonds. The monoisotopic (exact) mass is 279 g/mol. The van der Waals surface area contributed by atoms with Crippen LogP contribution in [-0.2, 0) is 4.79 Å². The van der Waals surface area contributed by atoms with Crippen LogP contribution in [0.25, 0.3) is 0 Å². The highest BCUT2D eigenvalue weighted by Crippen LogP contribution is 2.38. The summed E-state index contributed by atoms with van der Waals surface area (Å²) in [6.07, 6.45) is 5.04. The van der Waals surface area contributed by atoms with Gasteiger partial charge in [0.15, 0.2) is 5.76 Å². The molecule has 0 saturated heterocycles. The average molecular weight is 279 g/mol. The van der Waals surface area contributed by atoms with E-state index in [-0.39, 0.29) is 23.5 Å². The first kappa shape index (κ1) is 14.6. The fourth-order valence-electron chi connectivity index (χ4n) is 2.95. The van der Waals surface area contributed by atoms with E-state index in [9.17, 15) is 9.59 Å². The Balaban J connectivity index is 1.97. The van der Waals surface area contributed by atoms with Crippen molar-refractivity contribution in [3.8, 4) is 0 Å². The van der Waals surface area contributed by atoms with E-state index < -0.39 is 5.97 Å². The van der Waals surface area contributed by atoms with Crippen molar-refractivity contribution in [1.82, 2.24) is 5.32 Å². The summed E-state index contributed by atoms with van der Waals surface area (Å²) in [6, 6.07) is 3.37. The van der Waals surface area contributed by atoms with Crippen LogP contribution in [0.1, 0.15) is 54.8 Å². The molecule has 1 fully saturated rings. The van der Waals surface area contributed by atoms with E-state index in [2.05, 4.69) is 5.32 Å². The van der Waals surface area contributed by atoms with Gasteiger partial charge in [-0.15, -0.1) is 0 Å². The summed E-state index contributed by atoms with van der Waals surface area (Å²) in [6.45, 7) is 2.18. The number of rotatable bonds is 5. The van der Waals surface area contributed by atoms with E-state index in [0.29, 0.717) is 12.3 Å². The first-order valence-electron chi connectivity index (χ1n) is 7.07. The number of aliphatic carboxylic acids is 1. The van der Waals surface area contributed by atoms with E-state index in [1.165, 1.54) is 0 Å². The number of carbonyl (C=O) groups is 2. The zero-order chi connectivity index (χ0) is 14.6. The van der Waals surface area contributed by atoms with Gasteiger partial charge >= 0.3 is 5.97 Å². The van der Waals surface area contributed by atoms with Crippen LogP contribution < -0.4 is 5.32 Å². The van der Waals surface area contributed by atoms with Gasteiger partial charge in [-0.25, -0.2) is 0 Å². The molecule has 1 saturated carbocycles. The van der Waals surface area contributed by atoms with Gasteiger partial charge in [-0.2, -0.15) is 0 Å². The Morgan fingerprint density at radius 1 is 1.30 bits per heavy atom. The molecule has 2 N–H and O–H groups in total. The van der Waals surface area contributed by atoms with Crippen molar-refractivity contribution < 1.29 is 19.1 Å². The molecule has 5 nitrogen and oxygen atoms in total. The maximum absolute atomic E-state index is 12.0. The lowest BCUT2D eigenvalue weighted by Gasteiger charge is -2.36. The third-order valence-electron chi connectivity index (χ3n) is 4.03. The van der Waals surface area contributed by atoms with Crippen LogP contribution in [0, 0.1) is 12.3 Å². The molecule has 0 radical (unpaired) electrons. The Labute approximate surface area is 118 Å². The quantitative estimate of drug-likeness (QED) is 0.868. The Kier molecular flexibility index (Phi) is 4.47. The van der Waals surface area contributed by atoms with E-state index in [1.807, 2.05) is 0 Å². The number of carboxylic acid groups (broad SMARTS) is 1. The minimum Gasteiger partial charge on any atom is -0.481 e. The number of amides is 1. The van der Waals surface area contributed by atoms with Gasteiger partial charge in [0.05, 0.1) is 6.42 Å². The van der Waals surface area contributed by atoms with Crippen molar-refractivity contribution in [1.29, 1.82) is 0 Å². The van der Waals surface area contributed by atoms with Crippen molar-refractivity contribution in [2.75, 3.05) is 6.54 Å². The fourth-order valence-corrected chi connectivity index (χ4v) is 2.95. The Hall–Kier alpha value is -1.78. The first-order chi connectivity index (χ1) is 9.51. The number of carbonyl (C=O) groups excluding carboxylic acids is 1. The molecular formula is C15H21NO4. The highest BCUT2D eigenvalue weighted by Gasteiger charge is 2.34. The van der Waals surface area contributed by atoms with Crippen LogP contribution in [0.2, 0.25) is 0 Å². The molecule has 1 aliphatic carbocycles. The summed E-state index contributed by atoms with van der Waals surface area (Å²) in [5.74, 6) is -0.0970. The Morgan fingerprint density at radius 2 is 2.00 bits per heavy atom. The topological polar surface area (TPSA) is 79.5 Å². The van der Waals surface area contributed by atoms with Crippen molar-refractivity contribution in [3.05, 3.63) is 23.7 Å². The van der Waals surface area contributed by atoms with Crippen molar-refractivity contribution in [3.63, 3.8) is 0 Å². The molecule has 0 spiro atoms. The molecule has 0 bridgehead atoms. The molecular weight excluding hydrogens is 258 g/mol. The number of nitrogens with one attached hydrogen (secondary N) is 1. The lowest BCUT2D eigenvalue weighted by molar-refractivity contribution is -0.140. The molecule has 2 rings (SSSR count). The van der Waals surface area contributed by atoms with Gasteiger partial charge in [-0.1, -0.05) is 19.3 Å². The Bertz CT molecular complexity index is 486. The second-order valence-corrected chi connectivity index (χ2v) is 5.72. The molecule has 0 aliphatic heterocycles. The smallest absolute Gasteiger partial charge is 0.303 e. The third-order valence-corrected chi connectivity index (χ3v) is 4.03. The minimum absolute atomic E-state index is 0.116. The number of hydrogen-bond acceptors (Lipinski definition) is 3. The Morgan fingerprint density at radius 3 is 2.55 bits per heavy atom. The molecule has 0 aromatic carbocycles.